The number of piperidine rings is 1. The van der Waals surface area contributed by atoms with Gasteiger partial charge in [0.25, 0.3) is 0 Å². The van der Waals surface area contributed by atoms with Crippen LogP contribution in [0.4, 0.5) is 0 Å². The summed E-state index contributed by atoms with van der Waals surface area (Å²) < 4.78 is 0. The molecule has 0 bridgehead atoms. The van der Waals surface area contributed by atoms with Crippen molar-refractivity contribution in [1.29, 1.82) is 0 Å². The third-order valence-corrected chi connectivity index (χ3v) is 4.53. The van der Waals surface area contributed by atoms with Gasteiger partial charge in [-0.2, -0.15) is 0 Å². The Morgan fingerprint density at radius 2 is 1.82 bits per heavy atom. The van der Waals surface area contributed by atoms with Crippen LogP contribution in [0.1, 0.15) is 44.9 Å². The fraction of sp³-hybridized carbons (Fsp3) is 1.00. The van der Waals surface area contributed by atoms with Crippen LogP contribution in [-0.2, 0) is 0 Å². The highest BCUT2D eigenvalue weighted by Gasteiger charge is 2.23. The van der Waals surface area contributed by atoms with E-state index in [0.717, 1.165) is 25.3 Å². The van der Waals surface area contributed by atoms with Crippen molar-refractivity contribution in [3.63, 3.8) is 0 Å². The Morgan fingerprint density at radius 3 is 2.53 bits per heavy atom. The van der Waals surface area contributed by atoms with Gasteiger partial charge in [0, 0.05) is 6.04 Å². The van der Waals surface area contributed by atoms with Crippen molar-refractivity contribution in [3.05, 3.63) is 0 Å². The summed E-state index contributed by atoms with van der Waals surface area (Å²) in [7, 11) is 2.22. The minimum atomic E-state index is -0.0961. The predicted molar refractivity (Wildman–Crippen MR) is 71.1 cm³/mol. The first-order chi connectivity index (χ1) is 8.25. The van der Waals surface area contributed by atoms with Gasteiger partial charge in [0.05, 0.1) is 6.10 Å². The summed E-state index contributed by atoms with van der Waals surface area (Å²) >= 11 is 0. The van der Waals surface area contributed by atoms with Crippen LogP contribution in [0.3, 0.4) is 0 Å². The average Bonchev–Trinajstić information content (AvgIpc) is 2.34. The largest absolute Gasteiger partial charge is 0.392 e. The van der Waals surface area contributed by atoms with Crippen molar-refractivity contribution in [1.82, 2.24) is 10.2 Å². The van der Waals surface area contributed by atoms with Gasteiger partial charge in [0.15, 0.2) is 0 Å². The molecule has 1 aliphatic heterocycles. The van der Waals surface area contributed by atoms with Gasteiger partial charge in [0.1, 0.15) is 0 Å². The molecular weight excluding hydrogens is 212 g/mol. The molecule has 0 radical (unpaired) electrons. The van der Waals surface area contributed by atoms with Crippen LogP contribution in [0.25, 0.3) is 0 Å². The molecule has 1 aliphatic carbocycles. The topological polar surface area (TPSA) is 35.5 Å². The molecular formula is C14H28N2O. The van der Waals surface area contributed by atoms with Gasteiger partial charge in [-0.05, 0) is 64.7 Å². The molecule has 17 heavy (non-hydrogen) atoms. The molecule has 0 unspecified atom stereocenters. The van der Waals surface area contributed by atoms with Gasteiger partial charge in [-0.3, -0.25) is 0 Å². The van der Waals surface area contributed by atoms with Crippen molar-refractivity contribution in [2.75, 3.05) is 26.7 Å². The molecule has 0 aromatic rings. The number of likely N-dealkylation sites (tertiary alicyclic amines) is 1. The Kier molecular flexibility index (Phi) is 5.26. The molecule has 0 aromatic carbocycles. The van der Waals surface area contributed by atoms with Crippen molar-refractivity contribution in [3.8, 4) is 0 Å². The molecule has 2 aliphatic rings. The number of aliphatic hydroxyl groups is 1. The number of nitrogens with one attached hydrogen (secondary N) is 1. The van der Waals surface area contributed by atoms with E-state index in [9.17, 15) is 5.11 Å². The molecule has 0 amide bonds. The molecule has 1 heterocycles. The number of nitrogens with zero attached hydrogens (tertiary/aromatic N) is 1. The second kappa shape index (κ2) is 6.72. The summed E-state index contributed by atoms with van der Waals surface area (Å²) in [5.74, 6) is 0.902. The Bertz CT molecular complexity index is 214. The van der Waals surface area contributed by atoms with Crippen LogP contribution in [0.15, 0.2) is 0 Å². The van der Waals surface area contributed by atoms with Crippen LogP contribution in [-0.4, -0.2) is 48.8 Å². The highest BCUT2D eigenvalue weighted by Crippen LogP contribution is 2.21. The normalized spacial score (nSPS) is 32.8. The zero-order valence-electron chi connectivity index (χ0n) is 11.2. The van der Waals surface area contributed by atoms with Crippen LogP contribution in [0, 0.1) is 5.92 Å². The molecule has 3 heteroatoms. The average molecular weight is 240 g/mol. The second-order valence-electron chi connectivity index (χ2n) is 5.95. The van der Waals surface area contributed by atoms with Crippen LogP contribution >= 0.6 is 0 Å². The van der Waals surface area contributed by atoms with Crippen LogP contribution < -0.4 is 5.32 Å². The monoisotopic (exact) mass is 240 g/mol. The predicted octanol–water partition coefficient (Wildman–Crippen LogP) is 1.61. The van der Waals surface area contributed by atoms with Gasteiger partial charge in [-0.25, -0.2) is 0 Å². The van der Waals surface area contributed by atoms with Gasteiger partial charge in [-0.1, -0.05) is 12.8 Å². The summed E-state index contributed by atoms with van der Waals surface area (Å²) in [6.45, 7) is 3.61. The smallest absolute Gasteiger partial charge is 0.0693 e. The highest BCUT2D eigenvalue weighted by atomic mass is 16.3. The molecule has 100 valence electrons. The lowest BCUT2D eigenvalue weighted by Crippen LogP contribution is -2.43. The lowest BCUT2D eigenvalue weighted by molar-refractivity contribution is 0.0895. The summed E-state index contributed by atoms with van der Waals surface area (Å²) in [6, 6.07) is 0.370. The Labute approximate surface area is 106 Å². The SMILES string of the molecule is CN1CCC(CCN[C@@H]2CCCC[C@H]2O)CC1. The molecule has 2 atom stereocenters. The zero-order chi connectivity index (χ0) is 12.1. The number of hydrogen-bond donors (Lipinski definition) is 2. The maximum atomic E-state index is 9.87. The zero-order valence-corrected chi connectivity index (χ0v) is 11.2. The third kappa shape index (κ3) is 4.23. The van der Waals surface area contributed by atoms with E-state index in [-0.39, 0.29) is 6.10 Å². The fourth-order valence-electron chi connectivity index (χ4n) is 3.17. The Hall–Kier alpha value is -0.120. The molecule has 2 rings (SSSR count). The quantitative estimate of drug-likeness (QED) is 0.784. The summed E-state index contributed by atoms with van der Waals surface area (Å²) in [5.41, 5.74) is 0. The molecule has 0 spiro atoms. The third-order valence-electron chi connectivity index (χ3n) is 4.53. The summed E-state index contributed by atoms with van der Waals surface area (Å²) in [5, 5.41) is 13.4. The minimum Gasteiger partial charge on any atom is -0.392 e. The van der Waals surface area contributed by atoms with Gasteiger partial charge in [-0.15, -0.1) is 0 Å². The molecule has 1 saturated carbocycles. The van der Waals surface area contributed by atoms with E-state index in [2.05, 4.69) is 17.3 Å². The van der Waals surface area contributed by atoms with Crippen LogP contribution in [0.5, 0.6) is 0 Å². The van der Waals surface area contributed by atoms with Gasteiger partial charge >= 0.3 is 0 Å². The van der Waals surface area contributed by atoms with Gasteiger partial charge in [0.2, 0.25) is 0 Å². The maximum Gasteiger partial charge on any atom is 0.0693 e. The first-order valence-corrected chi connectivity index (χ1v) is 7.35. The molecule has 3 nitrogen and oxygen atoms in total. The Morgan fingerprint density at radius 1 is 1.12 bits per heavy atom. The lowest BCUT2D eigenvalue weighted by Gasteiger charge is -2.31. The van der Waals surface area contributed by atoms with E-state index < -0.39 is 0 Å². The van der Waals surface area contributed by atoms with Crippen molar-refractivity contribution in [2.45, 2.75) is 57.1 Å². The summed E-state index contributed by atoms with van der Waals surface area (Å²) in [4.78, 5) is 2.43. The first kappa shape index (κ1) is 13.3. The molecule has 2 N–H and O–H groups in total. The van der Waals surface area contributed by atoms with E-state index in [1.165, 1.54) is 45.2 Å². The van der Waals surface area contributed by atoms with Crippen molar-refractivity contribution >= 4 is 0 Å². The number of rotatable bonds is 4. The summed E-state index contributed by atoms with van der Waals surface area (Å²) in [6.07, 6.45) is 8.53. The van der Waals surface area contributed by atoms with E-state index in [1.807, 2.05) is 0 Å². The minimum absolute atomic E-state index is 0.0961. The molecule has 0 aromatic heterocycles. The molecule has 2 fully saturated rings. The molecule has 1 saturated heterocycles. The first-order valence-electron chi connectivity index (χ1n) is 7.35. The van der Waals surface area contributed by atoms with Crippen molar-refractivity contribution < 1.29 is 5.11 Å². The van der Waals surface area contributed by atoms with E-state index >= 15 is 0 Å². The second-order valence-corrected chi connectivity index (χ2v) is 5.95. The van der Waals surface area contributed by atoms with Crippen molar-refractivity contribution in [2.24, 2.45) is 5.92 Å². The number of hydrogen-bond acceptors (Lipinski definition) is 3. The Balaban J connectivity index is 1.59. The number of aliphatic hydroxyl groups excluding tert-OH is 1. The standard InChI is InChI=1S/C14H28N2O/c1-16-10-7-12(8-11-16)6-9-15-13-4-2-3-5-14(13)17/h12-15,17H,2-11H2,1H3/t13-,14-/m1/s1. The maximum absolute atomic E-state index is 9.87. The lowest BCUT2D eigenvalue weighted by atomic mass is 9.91. The van der Waals surface area contributed by atoms with E-state index in [0.29, 0.717) is 6.04 Å². The van der Waals surface area contributed by atoms with E-state index in [4.69, 9.17) is 0 Å². The highest BCUT2D eigenvalue weighted by molar-refractivity contribution is 4.81. The van der Waals surface area contributed by atoms with Crippen LogP contribution in [0.2, 0.25) is 0 Å². The van der Waals surface area contributed by atoms with E-state index in [1.54, 1.807) is 0 Å². The fourth-order valence-corrected chi connectivity index (χ4v) is 3.17. The van der Waals surface area contributed by atoms with Gasteiger partial charge < -0.3 is 15.3 Å².